The van der Waals surface area contributed by atoms with Crippen LogP contribution in [0.2, 0.25) is 0 Å². The average Bonchev–Trinajstić information content (AvgIpc) is 2.86. The van der Waals surface area contributed by atoms with Crippen molar-refractivity contribution in [2.45, 2.75) is 45.8 Å². The van der Waals surface area contributed by atoms with Gasteiger partial charge in [-0.1, -0.05) is 24.3 Å². The Balaban J connectivity index is 1.61. The highest BCUT2D eigenvalue weighted by atomic mass is 16.5. The largest absolute Gasteiger partial charge is 0.491 e. The van der Waals surface area contributed by atoms with Gasteiger partial charge in [-0.05, 0) is 51.3 Å². The summed E-state index contributed by atoms with van der Waals surface area (Å²) in [7, 11) is 0. The SMILES string of the molecule is CC(C)Oc1cccc(C(C)NC(=O)CN2C(=O)C3CC=CCC3C2=O)c1. The van der Waals surface area contributed by atoms with E-state index in [-0.39, 0.29) is 48.2 Å². The second kappa shape index (κ2) is 7.94. The molecule has 0 spiro atoms. The number of allylic oxidation sites excluding steroid dienone is 2. The Morgan fingerprint density at radius 3 is 2.37 bits per heavy atom. The van der Waals surface area contributed by atoms with E-state index in [0.29, 0.717) is 12.8 Å². The highest BCUT2D eigenvalue weighted by Crippen LogP contribution is 2.34. The maximum Gasteiger partial charge on any atom is 0.240 e. The van der Waals surface area contributed by atoms with Gasteiger partial charge in [-0.3, -0.25) is 19.3 Å². The van der Waals surface area contributed by atoms with Crippen molar-refractivity contribution in [1.82, 2.24) is 10.2 Å². The summed E-state index contributed by atoms with van der Waals surface area (Å²) in [5.41, 5.74) is 0.901. The second-order valence-electron chi connectivity index (χ2n) is 7.45. The molecule has 2 aliphatic rings. The zero-order valence-corrected chi connectivity index (χ0v) is 16.0. The maximum atomic E-state index is 12.5. The van der Waals surface area contributed by atoms with Crippen LogP contribution in [0.15, 0.2) is 36.4 Å². The molecule has 1 aliphatic heterocycles. The molecular weight excluding hydrogens is 344 g/mol. The molecule has 1 fully saturated rings. The van der Waals surface area contributed by atoms with Crippen molar-refractivity contribution in [2.24, 2.45) is 11.8 Å². The lowest BCUT2D eigenvalue weighted by atomic mass is 9.85. The normalized spacial score (nSPS) is 22.7. The predicted molar refractivity (Wildman–Crippen MR) is 101 cm³/mol. The highest BCUT2D eigenvalue weighted by molar-refractivity contribution is 6.07. The molecule has 1 aromatic carbocycles. The molecule has 3 amide bonds. The van der Waals surface area contributed by atoms with Crippen LogP contribution in [-0.4, -0.2) is 35.3 Å². The Bertz CT molecular complexity index is 745. The molecule has 0 bridgehead atoms. The number of amides is 3. The zero-order chi connectivity index (χ0) is 19.6. The third-order valence-electron chi connectivity index (χ3n) is 5.01. The first kappa shape index (κ1) is 19.1. The van der Waals surface area contributed by atoms with Crippen molar-refractivity contribution in [2.75, 3.05) is 6.54 Å². The minimum Gasteiger partial charge on any atom is -0.491 e. The molecule has 1 heterocycles. The smallest absolute Gasteiger partial charge is 0.240 e. The van der Waals surface area contributed by atoms with Crippen LogP contribution in [0, 0.1) is 11.8 Å². The maximum absolute atomic E-state index is 12.5. The van der Waals surface area contributed by atoms with Gasteiger partial charge in [0.15, 0.2) is 0 Å². The van der Waals surface area contributed by atoms with Crippen molar-refractivity contribution < 1.29 is 19.1 Å². The van der Waals surface area contributed by atoms with E-state index in [4.69, 9.17) is 4.74 Å². The molecule has 1 aliphatic carbocycles. The number of ether oxygens (including phenoxy) is 1. The Morgan fingerprint density at radius 1 is 1.15 bits per heavy atom. The summed E-state index contributed by atoms with van der Waals surface area (Å²) < 4.78 is 5.68. The van der Waals surface area contributed by atoms with Gasteiger partial charge >= 0.3 is 0 Å². The van der Waals surface area contributed by atoms with E-state index in [9.17, 15) is 14.4 Å². The summed E-state index contributed by atoms with van der Waals surface area (Å²) >= 11 is 0. The Morgan fingerprint density at radius 2 is 1.78 bits per heavy atom. The molecule has 6 heteroatoms. The molecule has 0 aromatic heterocycles. The van der Waals surface area contributed by atoms with Crippen LogP contribution in [0.25, 0.3) is 0 Å². The van der Waals surface area contributed by atoms with Crippen molar-refractivity contribution in [3.05, 3.63) is 42.0 Å². The number of fused-ring (bicyclic) bond motifs is 1. The first-order valence-corrected chi connectivity index (χ1v) is 9.43. The van der Waals surface area contributed by atoms with Gasteiger partial charge < -0.3 is 10.1 Å². The fourth-order valence-electron chi connectivity index (χ4n) is 3.67. The third kappa shape index (κ3) is 4.21. The van der Waals surface area contributed by atoms with E-state index in [1.54, 1.807) is 0 Å². The Hall–Kier alpha value is -2.63. The van der Waals surface area contributed by atoms with Gasteiger partial charge in [-0.15, -0.1) is 0 Å². The summed E-state index contributed by atoms with van der Waals surface area (Å²) in [4.78, 5) is 38.5. The van der Waals surface area contributed by atoms with Gasteiger partial charge in [-0.25, -0.2) is 0 Å². The van der Waals surface area contributed by atoms with Crippen LogP contribution in [0.3, 0.4) is 0 Å². The van der Waals surface area contributed by atoms with Gasteiger partial charge in [0, 0.05) is 0 Å². The minimum atomic E-state index is -0.342. The van der Waals surface area contributed by atoms with E-state index in [0.717, 1.165) is 16.2 Å². The summed E-state index contributed by atoms with van der Waals surface area (Å²) in [6.45, 7) is 5.55. The monoisotopic (exact) mass is 370 g/mol. The average molecular weight is 370 g/mol. The van der Waals surface area contributed by atoms with Crippen LogP contribution in [0.4, 0.5) is 0 Å². The molecule has 27 heavy (non-hydrogen) atoms. The van der Waals surface area contributed by atoms with Crippen LogP contribution >= 0.6 is 0 Å². The van der Waals surface area contributed by atoms with Crippen LogP contribution < -0.4 is 10.1 Å². The number of carbonyl (C=O) groups is 3. The predicted octanol–water partition coefficient (Wildman–Crippen LogP) is 2.60. The van der Waals surface area contributed by atoms with Crippen molar-refractivity contribution in [1.29, 1.82) is 0 Å². The third-order valence-corrected chi connectivity index (χ3v) is 5.01. The van der Waals surface area contributed by atoms with E-state index in [2.05, 4.69) is 5.32 Å². The van der Waals surface area contributed by atoms with Gasteiger partial charge in [0.05, 0.1) is 24.0 Å². The van der Waals surface area contributed by atoms with Gasteiger partial charge in [0.2, 0.25) is 17.7 Å². The summed E-state index contributed by atoms with van der Waals surface area (Å²) in [6.07, 6.45) is 5.09. The molecule has 0 radical (unpaired) electrons. The second-order valence-corrected chi connectivity index (χ2v) is 7.45. The molecule has 1 aromatic rings. The molecule has 3 rings (SSSR count). The fraction of sp³-hybridized carbons (Fsp3) is 0.476. The molecule has 0 saturated carbocycles. The lowest BCUT2D eigenvalue weighted by Crippen LogP contribution is -2.41. The highest BCUT2D eigenvalue weighted by Gasteiger charge is 2.47. The number of imide groups is 1. The first-order valence-electron chi connectivity index (χ1n) is 9.43. The molecule has 144 valence electrons. The summed E-state index contributed by atoms with van der Waals surface area (Å²) in [6, 6.07) is 7.28. The van der Waals surface area contributed by atoms with Crippen LogP contribution in [0.1, 0.15) is 45.2 Å². The van der Waals surface area contributed by atoms with E-state index in [1.165, 1.54) is 0 Å². The zero-order valence-electron chi connectivity index (χ0n) is 16.0. The van der Waals surface area contributed by atoms with Gasteiger partial charge in [-0.2, -0.15) is 0 Å². The standard InChI is InChI=1S/C21H26N2O4/c1-13(2)27-16-8-6-7-15(11-16)14(3)22-19(24)12-23-20(25)17-9-4-5-10-18(17)21(23)26/h4-8,11,13-14,17-18H,9-10,12H2,1-3H3,(H,22,24). The summed E-state index contributed by atoms with van der Waals surface area (Å²) in [5.74, 6) is -0.680. The number of hydrogen-bond donors (Lipinski definition) is 1. The Kier molecular flexibility index (Phi) is 5.63. The van der Waals surface area contributed by atoms with Crippen LogP contribution in [-0.2, 0) is 14.4 Å². The minimum absolute atomic E-state index is 0.0651. The quantitative estimate of drug-likeness (QED) is 0.617. The van der Waals surface area contributed by atoms with Crippen molar-refractivity contribution >= 4 is 17.7 Å². The number of nitrogens with one attached hydrogen (secondary N) is 1. The number of hydrogen-bond acceptors (Lipinski definition) is 4. The molecule has 1 saturated heterocycles. The molecule has 1 N–H and O–H groups in total. The first-order chi connectivity index (χ1) is 12.9. The van der Waals surface area contributed by atoms with E-state index >= 15 is 0 Å². The van der Waals surface area contributed by atoms with Crippen LogP contribution in [0.5, 0.6) is 5.75 Å². The molecule has 3 atom stereocenters. The lowest BCUT2D eigenvalue weighted by Gasteiger charge is -2.19. The van der Waals surface area contributed by atoms with Gasteiger partial charge in [0.25, 0.3) is 0 Å². The molecule has 3 unspecified atom stereocenters. The van der Waals surface area contributed by atoms with Crippen molar-refractivity contribution in [3.8, 4) is 5.75 Å². The number of carbonyl (C=O) groups excluding carboxylic acids is 3. The Labute approximate surface area is 159 Å². The number of likely N-dealkylation sites (tertiary alicyclic amines) is 1. The number of nitrogens with zero attached hydrogens (tertiary/aromatic N) is 1. The molecular formula is C21H26N2O4. The topological polar surface area (TPSA) is 75.7 Å². The molecule has 6 nitrogen and oxygen atoms in total. The lowest BCUT2D eigenvalue weighted by molar-refractivity contribution is -0.143. The van der Waals surface area contributed by atoms with E-state index < -0.39 is 0 Å². The number of rotatable bonds is 6. The van der Waals surface area contributed by atoms with Crippen molar-refractivity contribution in [3.63, 3.8) is 0 Å². The van der Waals surface area contributed by atoms with Gasteiger partial charge in [0.1, 0.15) is 12.3 Å². The number of benzene rings is 1. The summed E-state index contributed by atoms with van der Waals surface area (Å²) in [5, 5.41) is 2.87. The fourth-order valence-corrected chi connectivity index (χ4v) is 3.67. The van der Waals surface area contributed by atoms with E-state index in [1.807, 2.05) is 57.2 Å².